The Morgan fingerprint density at radius 2 is 1.93 bits per heavy atom. The second-order valence-corrected chi connectivity index (χ2v) is 6.79. The zero-order valence-electron chi connectivity index (χ0n) is 14.4. The number of hydrogen-bond donors (Lipinski definition) is 1. The van der Waals surface area contributed by atoms with Crippen molar-refractivity contribution in [3.05, 3.63) is 24.3 Å². The fraction of sp³-hybridized carbons (Fsp3) is 0.588. The first kappa shape index (κ1) is 19.7. The summed E-state index contributed by atoms with van der Waals surface area (Å²) in [7, 11) is 0. The molecule has 2 fully saturated rings. The molecule has 1 amide bonds. The van der Waals surface area contributed by atoms with Gasteiger partial charge in [-0.05, 0) is 18.6 Å². The van der Waals surface area contributed by atoms with Crippen LogP contribution in [0, 0.1) is 5.92 Å². The van der Waals surface area contributed by atoms with E-state index in [4.69, 9.17) is 0 Å². The van der Waals surface area contributed by atoms with Crippen molar-refractivity contribution in [1.82, 2.24) is 10.2 Å². The van der Waals surface area contributed by atoms with Crippen molar-refractivity contribution in [1.29, 1.82) is 0 Å². The number of alkyl halides is 5. The maximum atomic E-state index is 12.5. The average molecular weight is 393 g/mol. The fourth-order valence-corrected chi connectivity index (χ4v) is 3.45. The summed E-state index contributed by atoms with van der Waals surface area (Å²) in [4.78, 5) is 15.2. The van der Waals surface area contributed by atoms with Crippen LogP contribution in [-0.2, 0) is 4.79 Å². The van der Waals surface area contributed by atoms with Crippen molar-refractivity contribution in [2.24, 2.45) is 5.92 Å². The Bertz CT molecular complexity index is 664. The number of nitrogens with zero attached hydrogens (tertiary/aromatic N) is 2. The quantitative estimate of drug-likeness (QED) is 0.755. The largest absolute Gasteiger partial charge is 0.433 e. The second kappa shape index (κ2) is 7.87. The van der Waals surface area contributed by atoms with Gasteiger partial charge in [0.2, 0.25) is 5.91 Å². The maximum absolute atomic E-state index is 12.5. The zero-order chi connectivity index (χ0) is 19.6. The topological polar surface area (TPSA) is 44.8 Å². The van der Waals surface area contributed by atoms with E-state index < -0.39 is 25.3 Å². The summed E-state index contributed by atoms with van der Waals surface area (Å²) in [6, 6.07) is 6.25. The number of hydrogen-bond acceptors (Lipinski definition) is 4. The van der Waals surface area contributed by atoms with Gasteiger partial charge in [0.05, 0.1) is 18.2 Å². The molecule has 27 heavy (non-hydrogen) atoms. The zero-order valence-corrected chi connectivity index (χ0v) is 14.4. The molecular weight excluding hydrogens is 373 g/mol. The van der Waals surface area contributed by atoms with Crippen LogP contribution in [0.1, 0.15) is 6.42 Å². The minimum atomic E-state index is -4.26. The lowest BCUT2D eigenvalue weighted by Gasteiger charge is -2.38. The average Bonchev–Trinajstić information content (AvgIpc) is 2.97. The fourth-order valence-electron chi connectivity index (χ4n) is 3.45. The molecule has 1 unspecified atom stereocenters. The van der Waals surface area contributed by atoms with Crippen molar-refractivity contribution in [3.8, 4) is 5.75 Å². The van der Waals surface area contributed by atoms with Crippen molar-refractivity contribution < 1.29 is 31.5 Å². The lowest BCUT2D eigenvalue weighted by Crippen LogP contribution is -2.57. The van der Waals surface area contributed by atoms with Crippen molar-refractivity contribution in [3.63, 3.8) is 0 Å². The molecule has 0 bridgehead atoms. The minimum Gasteiger partial charge on any atom is -0.433 e. The lowest BCUT2D eigenvalue weighted by atomic mass is 9.98. The van der Waals surface area contributed by atoms with E-state index in [1.54, 1.807) is 18.2 Å². The molecule has 5 nitrogen and oxygen atoms in total. The molecule has 0 aliphatic carbocycles. The highest BCUT2D eigenvalue weighted by Gasteiger charge is 2.40. The number of rotatable bonds is 6. The molecule has 1 atom stereocenters. The molecule has 0 aromatic heterocycles. The van der Waals surface area contributed by atoms with E-state index in [2.05, 4.69) is 10.1 Å². The molecule has 1 aromatic carbocycles. The Labute approximate surface area is 153 Å². The van der Waals surface area contributed by atoms with Crippen LogP contribution in [-0.4, -0.2) is 62.4 Å². The van der Waals surface area contributed by atoms with Crippen LogP contribution >= 0.6 is 0 Å². The van der Waals surface area contributed by atoms with Gasteiger partial charge in [0.15, 0.2) is 0 Å². The first-order chi connectivity index (χ1) is 12.7. The van der Waals surface area contributed by atoms with E-state index in [-0.39, 0.29) is 30.8 Å². The van der Waals surface area contributed by atoms with Gasteiger partial charge in [-0.1, -0.05) is 12.1 Å². The van der Waals surface area contributed by atoms with E-state index in [0.29, 0.717) is 25.2 Å². The van der Waals surface area contributed by atoms with Gasteiger partial charge < -0.3 is 15.0 Å². The third kappa shape index (κ3) is 5.21. The molecule has 0 radical (unpaired) electrons. The molecule has 2 aliphatic rings. The predicted octanol–water partition coefficient (Wildman–Crippen LogP) is 2.48. The summed E-state index contributed by atoms with van der Waals surface area (Å²) in [5.41, 5.74) is 0.523. The summed E-state index contributed by atoms with van der Waals surface area (Å²) in [6.45, 7) is -2.77. The Balaban J connectivity index is 1.49. The Kier molecular flexibility index (Phi) is 5.73. The van der Waals surface area contributed by atoms with E-state index in [1.165, 1.54) is 11.0 Å². The monoisotopic (exact) mass is 393 g/mol. The van der Waals surface area contributed by atoms with Gasteiger partial charge in [0, 0.05) is 32.2 Å². The van der Waals surface area contributed by atoms with Crippen molar-refractivity contribution in [2.45, 2.75) is 25.3 Å². The number of likely N-dealkylation sites (tertiary alicyclic amines) is 1. The number of anilines is 1. The smallest absolute Gasteiger partial charge is 0.401 e. The van der Waals surface area contributed by atoms with E-state index in [0.717, 1.165) is 0 Å². The van der Waals surface area contributed by atoms with Crippen LogP contribution in [0.25, 0.3) is 0 Å². The van der Waals surface area contributed by atoms with Crippen LogP contribution in [0.15, 0.2) is 24.3 Å². The van der Waals surface area contributed by atoms with E-state index in [9.17, 15) is 26.7 Å². The van der Waals surface area contributed by atoms with Gasteiger partial charge in [-0.15, -0.1) is 0 Å². The number of carbonyl (C=O) groups is 1. The molecular formula is C17H20F5N3O2. The SMILES string of the molecule is O=C(NC1CCN(c2ccccc2OC(F)F)C1)C1CN(CC(F)(F)F)C1. The first-order valence-electron chi connectivity index (χ1n) is 8.59. The normalized spacial score (nSPS) is 21.4. The lowest BCUT2D eigenvalue weighted by molar-refractivity contribution is -0.163. The van der Waals surface area contributed by atoms with E-state index in [1.807, 2.05) is 4.90 Å². The predicted molar refractivity (Wildman–Crippen MR) is 87.8 cm³/mol. The molecule has 2 heterocycles. The third-order valence-electron chi connectivity index (χ3n) is 4.69. The standard InChI is InChI=1S/C17H20F5N3O2/c18-16(19)27-14-4-2-1-3-13(14)25-6-5-12(9-25)23-15(26)11-7-24(8-11)10-17(20,21)22/h1-4,11-12,16H,5-10H2,(H,23,26). The Morgan fingerprint density at radius 3 is 2.59 bits per heavy atom. The number of carbonyl (C=O) groups excluding carboxylic acids is 1. The van der Waals surface area contributed by atoms with Gasteiger partial charge in [0.25, 0.3) is 0 Å². The molecule has 1 aromatic rings. The van der Waals surface area contributed by atoms with Gasteiger partial charge in [0.1, 0.15) is 5.75 Å². The number of amides is 1. The highest BCUT2D eigenvalue weighted by atomic mass is 19.4. The second-order valence-electron chi connectivity index (χ2n) is 6.79. The molecule has 3 rings (SSSR count). The Hall–Kier alpha value is -2.10. The number of ether oxygens (including phenoxy) is 1. The van der Waals surface area contributed by atoms with Gasteiger partial charge in [-0.2, -0.15) is 22.0 Å². The minimum absolute atomic E-state index is 0.0706. The van der Waals surface area contributed by atoms with Crippen LogP contribution in [0.3, 0.4) is 0 Å². The molecule has 0 saturated carbocycles. The van der Waals surface area contributed by atoms with Gasteiger partial charge in [-0.25, -0.2) is 0 Å². The highest BCUT2D eigenvalue weighted by molar-refractivity contribution is 5.80. The molecule has 1 N–H and O–H groups in total. The summed E-state index contributed by atoms with van der Waals surface area (Å²) in [5, 5.41) is 2.85. The summed E-state index contributed by atoms with van der Waals surface area (Å²) >= 11 is 0. The van der Waals surface area contributed by atoms with Crippen LogP contribution in [0.4, 0.5) is 27.6 Å². The molecule has 2 aliphatic heterocycles. The summed E-state index contributed by atoms with van der Waals surface area (Å²) in [6.07, 6.45) is -3.64. The van der Waals surface area contributed by atoms with Gasteiger partial charge >= 0.3 is 12.8 Å². The van der Waals surface area contributed by atoms with Crippen molar-refractivity contribution >= 4 is 11.6 Å². The Morgan fingerprint density at radius 1 is 1.22 bits per heavy atom. The van der Waals surface area contributed by atoms with Gasteiger partial charge in [-0.3, -0.25) is 9.69 Å². The van der Waals surface area contributed by atoms with E-state index >= 15 is 0 Å². The molecule has 10 heteroatoms. The summed E-state index contributed by atoms with van der Waals surface area (Å²) in [5.74, 6) is -0.644. The maximum Gasteiger partial charge on any atom is 0.401 e. The third-order valence-corrected chi connectivity index (χ3v) is 4.69. The van der Waals surface area contributed by atoms with Crippen molar-refractivity contribution in [2.75, 3.05) is 37.6 Å². The van der Waals surface area contributed by atoms with Crippen LogP contribution in [0.2, 0.25) is 0 Å². The number of halogens is 5. The van der Waals surface area contributed by atoms with Crippen LogP contribution < -0.4 is 15.0 Å². The molecule has 0 spiro atoms. The number of nitrogens with one attached hydrogen (secondary N) is 1. The first-order valence-corrected chi connectivity index (χ1v) is 8.59. The summed E-state index contributed by atoms with van der Waals surface area (Å²) < 4.78 is 66.5. The number of benzene rings is 1. The molecule has 150 valence electrons. The molecule has 2 saturated heterocycles. The highest BCUT2D eigenvalue weighted by Crippen LogP contribution is 2.32. The number of para-hydroxylation sites is 2. The van der Waals surface area contributed by atoms with Crippen LogP contribution in [0.5, 0.6) is 5.75 Å².